The number of halogens is 1. The van der Waals surface area contributed by atoms with E-state index in [9.17, 15) is 4.79 Å². The number of hydrogen-bond donors (Lipinski definition) is 2. The van der Waals surface area contributed by atoms with Gasteiger partial charge in [-0.3, -0.25) is 0 Å². The SMILES string of the molecule is C=CCc1ccc(OCCOc2ccc(Cl)cc2/C=N/NC(N)=O)c(OC)c1. The van der Waals surface area contributed by atoms with Crippen molar-refractivity contribution in [3.05, 3.63) is 65.2 Å². The Morgan fingerprint density at radius 3 is 2.57 bits per heavy atom. The summed E-state index contributed by atoms with van der Waals surface area (Å²) in [4.78, 5) is 10.7. The Morgan fingerprint density at radius 1 is 1.18 bits per heavy atom. The van der Waals surface area contributed by atoms with E-state index >= 15 is 0 Å². The summed E-state index contributed by atoms with van der Waals surface area (Å²) in [5.74, 6) is 1.81. The van der Waals surface area contributed by atoms with Crippen LogP contribution in [0, 0.1) is 0 Å². The molecule has 2 amide bonds. The molecule has 0 saturated heterocycles. The molecule has 0 radical (unpaired) electrons. The van der Waals surface area contributed by atoms with Gasteiger partial charge in [0.05, 0.1) is 13.3 Å². The van der Waals surface area contributed by atoms with Crippen LogP contribution in [0.5, 0.6) is 17.2 Å². The number of rotatable bonds is 10. The number of methoxy groups -OCH3 is 1. The first-order chi connectivity index (χ1) is 13.5. The fourth-order valence-corrected chi connectivity index (χ4v) is 2.53. The minimum atomic E-state index is -0.762. The van der Waals surface area contributed by atoms with Gasteiger partial charge in [0.1, 0.15) is 19.0 Å². The van der Waals surface area contributed by atoms with Crippen LogP contribution in [-0.4, -0.2) is 32.6 Å². The molecule has 0 saturated carbocycles. The molecule has 2 aromatic carbocycles. The van der Waals surface area contributed by atoms with E-state index in [1.807, 2.05) is 24.3 Å². The van der Waals surface area contributed by atoms with Crippen molar-refractivity contribution in [1.29, 1.82) is 0 Å². The van der Waals surface area contributed by atoms with Crippen molar-refractivity contribution in [2.45, 2.75) is 6.42 Å². The number of primary amides is 1. The molecule has 0 aliphatic carbocycles. The topological polar surface area (TPSA) is 95.2 Å². The summed E-state index contributed by atoms with van der Waals surface area (Å²) in [6, 6.07) is 10.0. The van der Waals surface area contributed by atoms with Gasteiger partial charge in [0.15, 0.2) is 11.5 Å². The highest BCUT2D eigenvalue weighted by Crippen LogP contribution is 2.28. The number of ether oxygens (including phenoxy) is 3. The van der Waals surface area contributed by atoms with Crippen molar-refractivity contribution in [3.8, 4) is 17.2 Å². The summed E-state index contributed by atoms with van der Waals surface area (Å²) < 4.78 is 16.9. The van der Waals surface area contributed by atoms with Crippen LogP contribution in [0.15, 0.2) is 54.2 Å². The summed E-state index contributed by atoms with van der Waals surface area (Å²) in [6.45, 7) is 4.31. The fourth-order valence-electron chi connectivity index (χ4n) is 2.35. The first kappa shape index (κ1) is 21.1. The summed E-state index contributed by atoms with van der Waals surface area (Å²) in [7, 11) is 1.59. The Morgan fingerprint density at radius 2 is 1.89 bits per heavy atom. The van der Waals surface area contributed by atoms with E-state index in [1.165, 1.54) is 6.21 Å². The quantitative estimate of drug-likeness (QED) is 0.274. The van der Waals surface area contributed by atoms with Crippen molar-refractivity contribution in [1.82, 2.24) is 5.43 Å². The predicted octanol–water partition coefficient (Wildman–Crippen LogP) is 3.54. The Balaban J connectivity index is 1.95. The predicted molar refractivity (Wildman–Crippen MR) is 110 cm³/mol. The van der Waals surface area contributed by atoms with E-state index in [4.69, 9.17) is 31.5 Å². The zero-order valence-corrected chi connectivity index (χ0v) is 16.2. The van der Waals surface area contributed by atoms with Crippen LogP contribution in [-0.2, 0) is 6.42 Å². The maximum Gasteiger partial charge on any atom is 0.332 e. The number of nitrogens with zero attached hydrogens (tertiary/aromatic N) is 1. The molecule has 2 rings (SSSR count). The fraction of sp³-hybridized carbons (Fsp3) is 0.200. The maximum absolute atomic E-state index is 10.7. The third kappa shape index (κ3) is 6.51. The number of nitrogens with one attached hydrogen (secondary N) is 1. The maximum atomic E-state index is 10.7. The molecule has 0 heterocycles. The molecule has 148 valence electrons. The standard InChI is InChI=1S/C20H22ClN3O4/c1-3-4-14-5-7-18(19(11-14)26-2)28-10-9-27-17-8-6-16(21)12-15(17)13-23-24-20(22)25/h3,5-8,11-13H,1,4,9-10H2,2H3,(H3,22,24,25)/b23-13+. The van der Waals surface area contributed by atoms with Crippen LogP contribution in [0.4, 0.5) is 4.79 Å². The summed E-state index contributed by atoms with van der Waals surface area (Å²) in [6.07, 6.45) is 3.98. The van der Waals surface area contributed by atoms with Crippen LogP contribution >= 0.6 is 11.6 Å². The Bertz CT molecular complexity index is 855. The lowest BCUT2D eigenvalue weighted by atomic mass is 10.1. The number of hydrazone groups is 1. The second-order valence-corrected chi connectivity index (χ2v) is 6.03. The smallest absolute Gasteiger partial charge is 0.332 e. The van der Waals surface area contributed by atoms with Crippen molar-refractivity contribution in [2.75, 3.05) is 20.3 Å². The van der Waals surface area contributed by atoms with Gasteiger partial charge in [-0.1, -0.05) is 23.7 Å². The molecule has 0 unspecified atom stereocenters. The number of allylic oxidation sites excluding steroid dienone is 1. The third-order valence-corrected chi connectivity index (χ3v) is 3.79. The molecule has 2 aromatic rings. The molecule has 0 aromatic heterocycles. The number of carbonyl (C=O) groups is 1. The van der Waals surface area contributed by atoms with E-state index in [1.54, 1.807) is 25.3 Å². The lowest BCUT2D eigenvalue weighted by Gasteiger charge is -2.13. The van der Waals surface area contributed by atoms with Gasteiger partial charge in [-0.2, -0.15) is 5.10 Å². The highest BCUT2D eigenvalue weighted by molar-refractivity contribution is 6.30. The average Bonchev–Trinajstić information content (AvgIpc) is 2.67. The van der Waals surface area contributed by atoms with Gasteiger partial charge in [-0.15, -0.1) is 6.58 Å². The number of carbonyl (C=O) groups excluding carboxylic acids is 1. The van der Waals surface area contributed by atoms with Crippen LogP contribution < -0.4 is 25.4 Å². The molecule has 7 nitrogen and oxygen atoms in total. The molecule has 0 atom stereocenters. The molecule has 0 bridgehead atoms. The van der Waals surface area contributed by atoms with Gasteiger partial charge >= 0.3 is 6.03 Å². The normalized spacial score (nSPS) is 10.5. The van der Waals surface area contributed by atoms with Crippen LogP contribution in [0.1, 0.15) is 11.1 Å². The van der Waals surface area contributed by atoms with E-state index in [0.717, 1.165) is 12.0 Å². The molecule has 28 heavy (non-hydrogen) atoms. The van der Waals surface area contributed by atoms with Crippen molar-refractivity contribution in [2.24, 2.45) is 10.8 Å². The van der Waals surface area contributed by atoms with Crippen molar-refractivity contribution < 1.29 is 19.0 Å². The average molecular weight is 404 g/mol. The Hall–Kier alpha value is -3.19. The van der Waals surface area contributed by atoms with E-state index in [0.29, 0.717) is 34.4 Å². The summed E-state index contributed by atoms with van der Waals surface area (Å²) in [5, 5.41) is 4.23. The second-order valence-electron chi connectivity index (χ2n) is 5.59. The molecule has 0 aliphatic heterocycles. The van der Waals surface area contributed by atoms with Gasteiger partial charge in [0.2, 0.25) is 0 Å². The lowest BCUT2D eigenvalue weighted by molar-refractivity contribution is 0.211. The highest BCUT2D eigenvalue weighted by atomic mass is 35.5. The second kappa shape index (κ2) is 10.8. The number of amides is 2. The number of benzene rings is 2. The van der Waals surface area contributed by atoms with Crippen molar-refractivity contribution >= 4 is 23.8 Å². The van der Waals surface area contributed by atoms with E-state index in [2.05, 4.69) is 17.1 Å². The minimum absolute atomic E-state index is 0.281. The van der Waals surface area contributed by atoms with Crippen molar-refractivity contribution in [3.63, 3.8) is 0 Å². The monoisotopic (exact) mass is 403 g/mol. The highest BCUT2D eigenvalue weighted by Gasteiger charge is 2.07. The Labute approximate surface area is 168 Å². The largest absolute Gasteiger partial charge is 0.493 e. The first-order valence-corrected chi connectivity index (χ1v) is 8.82. The molecule has 0 fully saturated rings. The van der Waals surface area contributed by atoms with Gasteiger partial charge < -0.3 is 19.9 Å². The van der Waals surface area contributed by atoms with Crippen LogP contribution in [0.25, 0.3) is 0 Å². The molecule has 0 aliphatic rings. The van der Waals surface area contributed by atoms with Gasteiger partial charge in [0, 0.05) is 10.6 Å². The molecule has 3 N–H and O–H groups in total. The molecular formula is C20H22ClN3O4. The van der Waals surface area contributed by atoms with E-state index < -0.39 is 6.03 Å². The number of hydrogen-bond acceptors (Lipinski definition) is 5. The molecular weight excluding hydrogens is 382 g/mol. The molecule has 0 spiro atoms. The third-order valence-electron chi connectivity index (χ3n) is 3.56. The first-order valence-electron chi connectivity index (χ1n) is 8.45. The van der Waals surface area contributed by atoms with Crippen LogP contribution in [0.3, 0.4) is 0 Å². The number of urea groups is 1. The Kier molecular flexibility index (Phi) is 8.17. The zero-order valence-electron chi connectivity index (χ0n) is 15.5. The van der Waals surface area contributed by atoms with Gasteiger partial charge in [0.25, 0.3) is 0 Å². The summed E-state index contributed by atoms with van der Waals surface area (Å²) in [5.41, 5.74) is 8.77. The van der Waals surface area contributed by atoms with E-state index in [-0.39, 0.29) is 6.61 Å². The zero-order chi connectivity index (χ0) is 20.4. The van der Waals surface area contributed by atoms with Crippen LogP contribution in [0.2, 0.25) is 5.02 Å². The molecule has 8 heteroatoms. The minimum Gasteiger partial charge on any atom is -0.493 e. The van der Waals surface area contributed by atoms with Gasteiger partial charge in [-0.25, -0.2) is 10.2 Å². The number of nitrogens with two attached hydrogens (primary N) is 1. The van der Waals surface area contributed by atoms with Gasteiger partial charge in [-0.05, 0) is 42.3 Å². The summed E-state index contributed by atoms with van der Waals surface area (Å²) >= 11 is 5.99. The lowest BCUT2D eigenvalue weighted by Crippen LogP contribution is -2.24.